The van der Waals surface area contributed by atoms with E-state index in [9.17, 15) is 13.2 Å². The number of aromatic nitrogens is 3. The Balaban J connectivity index is 1.61. The Kier molecular flexibility index (Phi) is 4.87. The van der Waals surface area contributed by atoms with Gasteiger partial charge in [-0.05, 0) is 30.2 Å². The molecule has 4 aromatic rings. The third-order valence-corrected chi connectivity index (χ3v) is 7.35. The summed E-state index contributed by atoms with van der Waals surface area (Å²) in [6, 6.07) is 15.9. The molecule has 2 N–H and O–H groups in total. The van der Waals surface area contributed by atoms with Crippen LogP contribution in [0.3, 0.4) is 0 Å². The van der Waals surface area contributed by atoms with Crippen molar-refractivity contribution < 1.29 is 18.4 Å². The van der Waals surface area contributed by atoms with Crippen LogP contribution in [0.5, 0.6) is 0 Å². The van der Waals surface area contributed by atoms with E-state index in [1.54, 1.807) is 35.8 Å². The highest BCUT2D eigenvalue weighted by Gasteiger charge is 2.31. The monoisotopic (exact) mass is 449 g/mol. The summed E-state index contributed by atoms with van der Waals surface area (Å²) in [6.45, 7) is 0.888. The van der Waals surface area contributed by atoms with Crippen molar-refractivity contribution in [1.29, 1.82) is 0 Å². The second kappa shape index (κ2) is 7.74. The summed E-state index contributed by atoms with van der Waals surface area (Å²) in [7, 11) is -3.82. The number of carbonyl (C=O) groups is 1. The Bertz CT molecular complexity index is 1420. The van der Waals surface area contributed by atoms with Gasteiger partial charge in [0.25, 0.3) is 15.9 Å². The number of hydroxylamine groups is 1. The molecular weight excluding hydrogens is 430 g/mol. The van der Waals surface area contributed by atoms with Crippen LogP contribution in [0, 0.1) is 0 Å². The van der Waals surface area contributed by atoms with Crippen molar-refractivity contribution in [2.45, 2.75) is 17.9 Å². The second-order valence-electron chi connectivity index (χ2n) is 7.41. The first-order valence-corrected chi connectivity index (χ1v) is 11.4. The van der Waals surface area contributed by atoms with Crippen molar-refractivity contribution in [3.8, 4) is 0 Å². The molecule has 0 saturated carbocycles. The zero-order valence-corrected chi connectivity index (χ0v) is 17.7. The molecule has 0 spiro atoms. The Morgan fingerprint density at radius 1 is 1.00 bits per heavy atom. The zero-order chi connectivity index (χ0) is 22.3. The number of nitrogens with zero attached hydrogens (tertiary/aromatic N) is 4. The second-order valence-corrected chi connectivity index (χ2v) is 9.20. The molecule has 0 atom stereocenters. The van der Waals surface area contributed by atoms with Crippen LogP contribution in [0.15, 0.2) is 71.9 Å². The molecule has 0 unspecified atom stereocenters. The number of carbonyl (C=O) groups excluding carboxylic acids is 1. The summed E-state index contributed by atoms with van der Waals surface area (Å²) in [4.78, 5) is 22.1. The van der Waals surface area contributed by atoms with E-state index >= 15 is 0 Å². The molecule has 1 aliphatic heterocycles. The molecule has 3 heterocycles. The molecule has 162 valence electrons. The van der Waals surface area contributed by atoms with Gasteiger partial charge < -0.3 is 4.90 Å². The summed E-state index contributed by atoms with van der Waals surface area (Å²) >= 11 is 0. The van der Waals surface area contributed by atoms with Crippen molar-refractivity contribution in [3.63, 3.8) is 0 Å². The van der Waals surface area contributed by atoms with Crippen LogP contribution in [0.25, 0.3) is 10.9 Å². The number of para-hydroxylation sites is 1. The van der Waals surface area contributed by atoms with Gasteiger partial charge in [-0.25, -0.2) is 27.8 Å². The standard InChI is InChI=1S/C22H19N5O4S/c28-21(25-29)15-12-23-22(24-13-15)26-11-10-18-17-8-4-5-9-19(17)27(20(18)14-26)32(30,31)16-6-2-1-3-7-16/h1-9,12-13,29H,10-11,14H2,(H,25,28). The number of nitrogens with one attached hydrogen (secondary N) is 1. The smallest absolute Gasteiger partial charge is 0.277 e. The molecule has 5 rings (SSSR count). The number of amides is 1. The number of fused-ring (bicyclic) bond motifs is 3. The predicted molar refractivity (Wildman–Crippen MR) is 117 cm³/mol. The normalized spacial score (nSPS) is 13.7. The Morgan fingerprint density at radius 3 is 2.41 bits per heavy atom. The maximum absolute atomic E-state index is 13.6. The van der Waals surface area contributed by atoms with E-state index in [1.165, 1.54) is 16.4 Å². The van der Waals surface area contributed by atoms with Gasteiger partial charge in [-0.3, -0.25) is 10.0 Å². The topological polar surface area (TPSA) is 117 Å². The van der Waals surface area contributed by atoms with Gasteiger partial charge in [0.1, 0.15) is 0 Å². The van der Waals surface area contributed by atoms with Gasteiger partial charge >= 0.3 is 0 Å². The minimum atomic E-state index is -3.82. The average molecular weight is 449 g/mol. The lowest BCUT2D eigenvalue weighted by Gasteiger charge is -2.28. The molecule has 1 aliphatic rings. The van der Waals surface area contributed by atoms with Crippen molar-refractivity contribution in [3.05, 3.63) is 83.8 Å². The van der Waals surface area contributed by atoms with Gasteiger partial charge in [-0.2, -0.15) is 0 Å². The van der Waals surface area contributed by atoms with Crippen LogP contribution in [0.2, 0.25) is 0 Å². The average Bonchev–Trinajstić information content (AvgIpc) is 3.18. The van der Waals surface area contributed by atoms with E-state index in [-0.39, 0.29) is 10.5 Å². The Morgan fingerprint density at radius 2 is 1.69 bits per heavy atom. The molecule has 32 heavy (non-hydrogen) atoms. The summed E-state index contributed by atoms with van der Waals surface area (Å²) in [6.07, 6.45) is 3.26. The highest BCUT2D eigenvalue weighted by molar-refractivity contribution is 7.90. The van der Waals surface area contributed by atoms with E-state index in [1.807, 2.05) is 29.2 Å². The third kappa shape index (κ3) is 3.20. The molecule has 0 fully saturated rings. The fraction of sp³-hybridized carbons (Fsp3) is 0.136. The van der Waals surface area contributed by atoms with E-state index in [0.29, 0.717) is 36.7 Å². The molecule has 0 bridgehead atoms. The molecule has 1 amide bonds. The van der Waals surface area contributed by atoms with Crippen LogP contribution >= 0.6 is 0 Å². The fourth-order valence-corrected chi connectivity index (χ4v) is 5.67. The predicted octanol–water partition coefficient (Wildman–Crippen LogP) is 2.35. The maximum Gasteiger partial charge on any atom is 0.277 e. The first-order valence-electron chi connectivity index (χ1n) is 9.94. The van der Waals surface area contributed by atoms with Crippen LogP contribution < -0.4 is 10.4 Å². The number of hydrogen-bond acceptors (Lipinski definition) is 7. The molecule has 10 heteroatoms. The summed E-state index contributed by atoms with van der Waals surface area (Å²) in [5.41, 5.74) is 3.97. The van der Waals surface area contributed by atoms with Gasteiger partial charge in [0.2, 0.25) is 5.95 Å². The minimum absolute atomic E-state index is 0.120. The highest BCUT2D eigenvalue weighted by atomic mass is 32.2. The van der Waals surface area contributed by atoms with E-state index in [0.717, 1.165) is 10.9 Å². The lowest BCUT2D eigenvalue weighted by molar-refractivity contribution is 0.0705. The lowest BCUT2D eigenvalue weighted by atomic mass is 10.0. The zero-order valence-electron chi connectivity index (χ0n) is 16.8. The number of anilines is 1. The van der Waals surface area contributed by atoms with E-state index in [4.69, 9.17) is 5.21 Å². The van der Waals surface area contributed by atoms with Crippen molar-refractivity contribution >= 4 is 32.8 Å². The Hall–Kier alpha value is -3.76. The summed E-state index contributed by atoms with van der Waals surface area (Å²) in [5.74, 6) is -0.328. The molecule has 0 aliphatic carbocycles. The molecule has 2 aromatic carbocycles. The lowest BCUT2D eigenvalue weighted by Crippen LogP contribution is -2.34. The van der Waals surface area contributed by atoms with Crippen LogP contribution in [0.1, 0.15) is 21.6 Å². The maximum atomic E-state index is 13.6. The largest absolute Gasteiger partial charge is 0.335 e. The van der Waals surface area contributed by atoms with Crippen molar-refractivity contribution in [1.82, 2.24) is 19.4 Å². The van der Waals surface area contributed by atoms with Crippen LogP contribution in [-0.2, 0) is 23.0 Å². The minimum Gasteiger partial charge on any atom is -0.335 e. The highest BCUT2D eigenvalue weighted by Crippen LogP contribution is 2.34. The quantitative estimate of drug-likeness (QED) is 0.363. The first-order chi connectivity index (χ1) is 15.5. The molecule has 0 saturated heterocycles. The van der Waals surface area contributed by atoms with Crippen LogP contribution in [0.4, 0.5) is 5.95 Å². The van der Waals surface area contributed by atoms with Crippen molar-refractivity contribution in [2.24, 2.45) is 0 Å². The number of rotatable bonds is 4. The van der Waals surface area contributed by atoms with Gasteiger partial charge in [0, 0.05) is 24.3 Å². The molecule has 2 aromatic heterocycles. The van der Waals surface area contributed by atoms with E-state index in [2.05, 4.69) is 9.97 Å². The molecule has 0 radical (unpaired) electrons. The van der Waals surface area contributed by atoms with Gasteiger partial charge in [0.15, 0.2) is 0 Å². The molecule has 9 nitrogen and oxygen atoms in total. The van der Waals surface area contributed by atoms with E-state index < -0.39 is 15.9 Å². The number of hydrogen-bond donors (Lipinski definition) is 2. The van der Waals surface area contributed by atoms with Crippen LogP contribution in [-0.4, -0.2) is 40.0 Å². The third-order valence-electron chi connectivity index (χ3n) is 5.58. The van der Waals surface area contributed by atoms with Gasteiger partial charge in [0.05, 0.1) is 28.2 Å². The SMILES string of the molecule is O=C(NO)c1cnc(N2CCc3c(n(S(=O)(=O)c4ccccc4)c4ccccc34)C2)nc1. The first kappa shape index (κ1) is 20.2. The van der Waals surface area contributed by atoms with Gasteiger partial charge in [-0.15, -0.1) is 0 Å². The number of benzene rings is 2. The fourth-order valence-electron chi connectivity index (χ4n) is 4.08. The van der Waals surface area contributed by atoms with Crippen molar-refractivity contribution in [2.75, 3.05) is 11.4 Å². The summed E-state index contributed by atoms with van der Waals surface area (Å²) in [5, 5.41) is 9.67. The van der Waals surface area contributed by atoms with Gasteiger partial charge in [-0.1, -0.05) is 36.4 Å². The Labute approximate surface area is 184 Å². The molecular formula is C22H19N5O4S. The summed E-state index contributed by atoms with van der Waals surface area (Å²) < 4.78 is 28.7.